The Morgan fingerprint density at radius 1 is 1.56 bits per heavy atom. The van der Waals surface area contributed by atoms with E-state index in [1.54, 1.807) is 13.8 Å². The number of hydrogen-bond acceptors (Lipinski definition) is 4. The molecule has 0 aromatic carbocycles. The molecule has 1 aliphatic heterocycles. The zero-order valence-corrected chi connectivity index (χ0v) is 9.16. The molecule has 1 fully saturated rings. The summed E-state index contributed by atoms with van der Waals surface area (Å²) in [5, 5.41) is 14.6. The van der Waals surface area contributed by atoms with Crippen LogP contribution in [0.15, 0.2) is 12.7 Å². The van der Waals surface area contributed by atoms with Gasteiger partial charge in [0.2, 0.25) is 5.91 Å². The molecule has 0 atom stereocenters. The number of imide groups is 1. The molecule has 7 heteroatoms. The first kappa shape index (κ1) is 14.1. The van der Waals surface area contributed by atoms with Crippen molar-refractivity contribution in [2.75, 3.05) is 6.73 Å². The number of carbonyl (C=O) groups is 3. The number of carbonyl (C=O) groups excluding carboxylic acids is 3. The molecule has 0 saturated carbocycles. The minimum Gasteiger partial charge on any atom is -0.376 e. The Labute approximate surface area is 92.9 Å². The van der Waals surface area contributed by atoms with Gasteiger partial charge in [-0.05, 0) is 19.9 Å². The predicted molar refractivity (Wildman–Crippen MR) is 56.2 cm³/mol. The van der Waals surface area contributed by atoms with E-state index >= 15 is 0 Å². The molecule has 0 aromatic rings. The lowest BCUT2D eigenvalue weighted by Crippen LogP contribution is -2.39. The van der Waals surface area contributed by atoms with E-state index in [0.29, 0.717) is 0 Å². The van der Waals surface area contributed by atoms with Crippen LogP contribution in [-0.4, -0.2) is 35.2 Å². The summed E-state index contributed by atoms with van der Waals surface area (Å²) in [4.78, 5) is 31.2. The third-order valence-electron chi connectivity index (χ3n) is 1.66. The van der Waals surface area contributed by atoms with Crippen molar-refractivity contribution in [1.82, 2.24) is 16.0 Å². The fourth-order valence-corrected chi connectivity index (χ4v) is 0.781. The summed E-state index contributed by atoms with van der Waals surface area (Å²) >= 11 is 0. The topological polar surface area (TPSA) is 108 Å². The van der Waals surface area contributed by atoms with Crippen LogP contribution in [0.4, 0.5) is 4.79 Å². The molecule has 1 rings (SSSR count). The molecule has 1 aliphatic rings. The van der Waals surface area contributed by atoms with Gasteiger partial charge in [0.1, 0.15) is 12.3 Å². The Hall–Kier alpha value is -1.89. The van der Waals surface area contributed by atoms with Gasteiger partial charge in [-0.25, -0.2) is 4.79 Å². The van der Waals surface area contributed by atoms with Crippen molar-refractivity contribution >= 4 is 17.8 Å². The van der Waals surface area contributed by atoms with Gasteiger partial charge in [0, 0.05) is 0 Å². The van der Waals surface area contributed by atoms with Crippen molar-refractivity contribution in [3.8, 4) is 0 Å². The zero-order chi connectivity index (χ0) is 12.8. The Morgan fingerprint density at radius 3 is 2.25 bits per heavy atom. The summed E-state index contributed by atoms with van der Waals surface area (Å²) in [5.74, 6) is -0.630. The van der Waals surface area contributed by atoms with E-state index in [2.05, 4.69) is 22.5 Å². The van der Waals surface area contributed by atoms with Crippen LogP contribution in [-0.2, 0) is 9.59 Å². The highest BCUT2D eigenvalue weighted by Gasteiger charge is 2.36. The first-order chi connectivity index (χ1) is 7.33. The van der Waals surface area contributed by atoms with Crippen molar-refractivity contribution in [2.24, 2.45) is 0 Å². The van der Waals surface area contributed by atoms with Crippen molar-refractivity contribution in [2.45, 2.75) is 19.4 Å². The minimum absolute atomic E-state index is 0.271. The molecule has 1 heterocycles. The second-order valence-corrected chi connectivity index (χ2v) is 3.44. The van der Waals surface area contributed by atoms with Crippen LogP contribution in [0.25, 0.3) is 0 Å². The maximum absolute atomic E-state index is 10.7. The lowest BCUT2D eigenvalue weighted by Gasteiger charge is -2.11. The largest absolute Gasteiger partial charge is 0.376 e. The van der Waals surface area contributed by atoms with Crippen molar-refractivity contribution < 1.29 is 19.5 Å². The molecule has 0 aliphatic carbocycles. The van der Waals surface area contributed by atoms with E-state index in [0.717, 1.165) is 6.08 Å². The molecular formula is C9H15N3O4. The fourth-order valence-electron chi connectivity index (χ4n) is 0.781. The summed E-state index contributed by atoms with van der Waals surface area (Å²) in [5.41, 5.74) is -0.725. The molecule has 0 aromatic heterocycles. The molecule has 0 spiro atoms. The lowest BCUT2D eigenvalue weighted by molar-refractivity contribution is -0.122. The molecule has 7 nitrogen and oxygen atoms in total. The number of urea groups is 1. The van der Waals surface area contributed by atoms with E-state index in [9.17, 15) is 14.4 Å². The Morgan fingerprint density at radius 2 is 2.12 bits per heavy atom. The fraction of sp³-hybridized carbons (Fsp3) is 0.444. The Bertz CT molecular complexity index is 312. The second-order valence-electron chi connectivity index (χ2n) is 3.44. The molecule has 0 radical (unpaired) electrons. The summed E-state index contributed by atoms with van der Waals surface area (Å²) < 4.78 is 0. The Balaban J connectivity index is 0.000000293. The van der Waals surface area contributed by atoms with Crippen molar-refractivity contribution in [1.29, 1.82) is 0 Å². The van der Waals surface area contributed by atoms with Crippen molar-refractivity contribution in [3.05, 3.63) is 12.7 Å². The van der Waals surface area contributed by atoms with Crippen molar-refractivity contribution in [3.63, 3.8) is 0 Å². The van der Waals surface area contributed by atoms with Gasteiger partial charge < -0.3 is 15.7 Å². The molecular weight excluding hydrogens is 214 g/mol. The van der Waals surface area contributed by atoms with E-state index in [4.69, 9.17) is 5.11 Å². The highest BCUT2D eigenvalue weighted by molar-refractivity contribution is 6.06. The first-order valence-corrected chi connectivity index (χ1v) is 4.48. The van der Waals surface area contributed by atoms with Gasteiger partial charge in [0.05, 0.1) is 0 Å². The van der Waals surface area contributed by atoms with E-state index < -0.39 is 11.6 Å². The molecule has 16 heavy (non-hydrogen) atoms. The number of nitrogens with one attached hydrogen (secondary N) is 3. The molecule has 0 unspecified atom stereocenters. The van der Waals surface area contributed by atoms with Gasteiger partial charge in [-0.15, -0.1) is 0 Å². The second kappa shape index (κ2) is 5.86. The van der Waals surface area contributed by atoms with Crippen LogP contribution in [0.5, 0.6) is 0 Å². The third-order valence-corrected chi connectivity index (χ3v) is 1.66. The maximum atomic E-state index is 10.7. The van der Waals surface area contributed by atoms with Crippen LogP contribution < -0.4 is 16.0 Å². The zero-order valence-electron chi connectivity index (χ0n) is 9.16. The average molecular weight is 229 g/mol. The van der Waals surface area contributed by atoms with Crippen LogP contribution >= 0.6 is 0 Å². The number of hydrogen-bond donors (Lipinski definition) is 4. The number of aliphatic hydroxyl groups is 1. The summed E-state index contributed by atoms with van der Waals surface area (Å²) in [7, 11) is 0. The smallest absolute Gasteiger partial charge is 0.322 e. The summed E-state index contributed by atoms with van der Waals surface area (Å²) in [6, 6.07) is -0.412. The van der Waals surface area contributed by atoms with E-state index in [1.807, 2.05) is 0 Å². The summed E-state index contributed by atoms with van der Waals surface area (Å²) in [6.45, 7) is 6.12. The minimum atomic E-state index is -0.725. The predicted octanol–water partition coefficient (Wildman–Crippen LogP) is -1.16. The van der Waals surface area contributed by atoms with Gasteiger partial charge in [0.25, 0.3) is 5.91 Å². The number of aliphatic hydroxyl groups excluding tert-OH is 1. The highest BCUT2D eigenvalue weighted by Crippen LogP contribution is 2.05. The van der Waals surface area contributed by atoms with Gasteiger partial charge in [-0.3, -0.25) is 14.9 Å². The lowest BCUT2D eigenvalue weighted by atomic mass is 10.1. The molecule has 1 saturated heterocycles. The monoisotopic (exact) mass is 229 g/mol. The van der Waals surface area contributed by atoms with E-state index in [1.165, 1.54) is 0 Å². The standard InChI is InChI=1S/C5H8N2O2.C4H7NO2/c1-5(2)3(8)6-4(9)7-5;1-2-4(7)5-3-6/h1-2H3,(H2,6,7,8,9);2,6H,1,3H2,(H,5,7). The molecule has 0 bridgehead atoms. The molecule has 4 N–H and O–H groups in total. The van der Waals surface area contributed by atoms with Crippen LogP contribution in [0.1, 0.15) is 13.8 Å². The van der Waals surface area contributed by atoms with Crippen LogP contribution in [0.3, 0.4) is 0 Å². The number of rotatable bonds is 2. The highest BCUT2D eigenvalue weighted by atomic mass is 16.3. The first-order valence-electron chi connectivity index (χ1n) is 4.48. The molecule has 90 valence electrons. The number of amides is 4. The van der Waals surface area contributed by atoms with Gasteiger partial charge in [-0.2, -0.15) is 0 Å². The summed E-state index contributed by atoms with van der Waals surface area (Å²) in [6.07, 6.45) is 1.09. The van der Waals surface area contributed by atoms with Gasteiger partial charge >= 0.3 is 6.03 Å². The van der Waals surface area contributed by atoms with E-state index in [-0.39, 0.29) is 18.5 Å². The Kier molecular flexibility index (Phi) is 5.17. The quantitative estimate of drug-likeness (QED) is 0.272. The van der Waals surface area contributed by atoms with Gasteiger partial charge in [0.15, 0.2) is 0 Å². The molecule has 4 amide bonds. The van der Waals surface area contributed by atoms with Crippen LogP contribution in [0, 0.1) is 0 Å². The van der Waals surface area contributed by atoms with Gasteiger partial charge in [-0.1, -0.05) is 6.58 Å². The average Bonchev–Trinajstić information content (AvgIpc) is 2.40. The SMILES string of the molecule is C=CC(=O)NCO.CC1(C)NC(=O)NC1=O. The normalized spacial score (nSPS) is 16.4. The third kappa shape index (κ3) is 4.56. The van der Waals surface area contributed by atoms with Crippen LogP contribution in [0.2, 0.25) is 0 Å². The maximum Gasteiger partial charge on any atom is 0.322 e.